The number of hydrogen-bond acceptors (Lipinski definition) is 5. The fourth-order valence-corrected chi connectivity index (χ4v) is 2.90. The normalized spacial score (nSPS) is 14.3. The summed E-state index contributed by atoms with van der Waals surface area (Å²) in [6, 6.07) is 15.1. The van der Waals surface area contributed by atoms with Crippen molar-refractivity contribution in [3.8, 4) is 6.07 Å². The average Bonchev–Trinajstić information content (AvgIpc) is 3.14. The number of para-hydroxylation sites is 1. The third-order valence-electron chi connectivity index (χ3n) is 4.45. The maximum absolute atomic E-state index is 12.3. The molecule has 1 N–H and O–H groups in total. The second-order valence-electron chi connectivity index (χ2n) is 6.39. The van der Waals surface area contributed by atoms with Crippen LogP contribution in [-0.4, -0.2) is 30.4 Å². The summed E-state index contributed by atoms with van der Waals surface area (Å²) in [5.41, 5.74) is 1.70. The van der Waals surface area contributed by atoms with E-state index in [4.69, 9.17) is 10.00 Å². The van der Waals surface area contributed by atoms with E-state index in [1.165, 1.54) is 6.92 Å². The summed E-state index contributed by atoms with van der Waals surface area (Å²) in [6.07, 6.45) is 0.314. The zero-order chi connectivity index (χ0) is 20.1. The lowest BCUT2D eigenvalue weighted by molar-refractivity contribution is -0.123. The number of hydrogen-bond donors (Lipinski definition) is 1. The molecule has 28 heavy (non-hydrogen) atoms. The van der Waals surface area contributed by atoms with Crippen molar-refractivity contribution in [3.63, 3.8) is 0 Å². The minimum Gasteiger partial charge on any atom is -0.449 e. The van der Waals surface area contributed by atoms with Crippen LogP contribution in [0.2, 0.25) is 0 Å². The molecule has 1 saturated heterocycles. The molecule has 2 aromatic carbocycles. The van der Waals surface area contributed by atoms with E-state index in [2.05, 4.69) is 5.32 Å². The molecule has 1 aliphatic rings. The zero-order valence-corrected chi connectivity index (χ0v) is 15.3. The summed E-state index contributed by atoms with van der Waals surface area (Å²) in [5, 5.41) is 11.7. The SMILES string of the molecule is C[C@H](OC(=O)c1ccc(N2CCCC2=O)cc1)C(=O)Nc1ccccc1C#N. The van der Waals surface area contributed by atoms with E-state index in [9.17, 15) is 14.4 Å². The van der Waals surface area contributed by atoms with Crippen LogP contribution in [0.3, 0.4) is 0 Å². The molecule has 0 unspecified atom stereocenters. The van der Waals surface area contributed by atoms with Crippen LogP contribution < -0.4 is 10.2 Å². The number of rotatable bonds is 5. The van der Waals surface area contributed by atoms with Crippen LogP contribution in [0.25, 0.3) is 0 Å². The van der Waals surface area contributed by atoms with Crippen molar-refractivity contribution in [1.29, 1.82) is 5.26 Å². The van der Waals surface area contributed by atoms with E-state index < -0.39 is 18.0 Å². The molecule has 0 spiro atoms. The number of carbonyl (C=O) groups excluding carboxylic acids is 3. The highest BCUT2D eigenvalue weighted by molar-refractivity contribution is 5.99. The monoisotopic (exact) mass is 377 g/mol. The molecule has 0 saturated carbocycles. The van der Waals surface area contributed by atoms with Crippen molar-refractivity contribution < 1.29 is 19.1 Å². The predicted octanol–water partition coefficient (Wildman–Crippen LogP) is 2.87. The molecule has 0 radical (unpaired) electrons. The van der Waals surface area contributed by atoms with Crippen molar-refractivity contribution >= 4 is 29.2 Å². The van der Waals surface area contributed by atoms with Gasteiger partial charge in [-0.3, -0.25) is 9.59 Å². The molecule has 1 fully saturated rings. The first-order valence-electron chi connectivity index (χ1n) is 8.91. The number of carbonyl (C=O) groups is 3. The Bertz CT molecular complexity index is 947. The Morgan fingerprint density at radius 3 is 2.54 bits per heavy atom. The minimum absolute atomic E-state index is 0.0678. The van der Waals surface area contributed by atoms with Crippen molar-refractivity contribution in [2.75, 3.05) is 16.8 Å². The number of nitrogens with one attached hydrogen (secondary N) is 1. The number of amides is 2. The van der Waals surface area contributed by atoms with Gasteiger partial charge in [0.25, 0.3) is 5.91 Å². The molecule has 7 heteroatoms. The number of anilines is 2. The number of nitrogens with zero attached hydrogens (tertiary/aromatic N) is 2. The first-order chi connectivity index (χ1) is 13.5. The van der Waals surface area contributed by atoms with Gasteiger partial charge in [-0.1, -0.05) is 12.1 Å². The van der Waals surface area contributed by atoms with Gasteiger partial charge in [-0.2, -0.15) is 5.26 Å². The summed E-state index contributed by atoms with van der Waals surface area (Å²) in [6.45, 7) is 2.13. The standard InChI is InChI=1S/C21H19N3O4/c1-14(20(26)23-18-6-3-2-5-16(18)13-22)28-21(27)15-8-10-17(11-9-15)24-12-4-7-19(24)25/h2-3,5-6,8-11,14H,4,7,12H2,1H3,(H,23,26)/t14-/m0/s1. The summed E-state index contributed by atoms with van der Waals surface area (Å²) >= 11 is 0. The summed E-state index contributed by atoms with van der Waals surface area (Å²) in [5.74, 6) is -1.11. The Hall–Kier alpha value is -3.66. The highest BCUT2D eigenvalue weighted by Gasteiger charge is 2.23. The summed E-state index contributed by atoms with van der Waals surface area (Å²) in [7, 11) is 0. The van der Waals surface area contributed by atoms with Crippen molar-refractivity contribution in [1.82, 2.24) is 0 Å². The quantitative estimate of drug-likeness (QED) is 0.808. The Balaban J connectivity index is 1.61. The summed E-state index contributed by atoms with van der Waals surface area (Å²) < 4.78 is 5.22. The third kappa shape index (κ3) is 4.18. The van der Waals surface area contributed by atoms with E-state index in [1.807, 2.05) is 6.07 Å². The van der Waals surface area contributed by atoms with Gasteiger partial charge in [0, 0.05) is 18.7 Å². The minimum atomic E-state index is -1.04. The fourth-order valence-electron chi connectivity index (χ4n) is 2.90. The van der Waals surface area contributed by atoms with Gasteiger partial charge in [0.2, 0.25) is 5.91 Å². The van der Waals surface area contributed by atoms with Gasteiger partial charge in [0.15, 0.2) is 6.10 Å². The maximum Gasteiger partial charge on any atom is 0.338 e. The Morgan fingerprint density at radius 2 is 1.89 bits per heavy atom. The van der Waals surface area contributed by atoms with E-state index in [0.717, 1.165) is 12.1 Å². The zero-order valence-electron chi connectivity index (χ0n) is 15.3. The molecular weight excluding hydrogens is 358 g/mol. The molecule has 3 rings (SSSR count). The van der Waals surface area contributed by atoms with Crippen LogP contribution in [0, 0.1) is 11.3 Å². The van der Waals surface area contributed by atoms with Crippen LogP contribution in [0.4, 0.5) is 11.4 Å². The highest BCUT2D eigenvalue weighted by Crippen LogP contribution is 2.22. The smallest absolute Gasteiger partial charge is 0.338 e. The third-order valence-corrected chi connectivity index (χ3v) is 4.45. The molecule has 1 aliphatic heterocycles. The molecule has 1 atom stereocenters. The highest BCUT2D eigenvalue weighted by atomic mass is 16.5. The van der Waals surface area contributed by atoms with Gasteiger partial charge in [-0.05, 0) is 49.7 Å². The molecule has 0 aromatic heterocycles. The topological polar surface area (TPSA) is 99.5 Å². The fraction of sp³-hybridized carbons (Fsp3) is 0.238. The van der Waals surface area contributed by atoms with E-state index in [-0.39, 0.29) is 11.5 Å². The van der Waals surface area contributed by atoms with E-state index >= 15 is 0 Å². The maximum atomic E-state index is 12.3. The van der Waals surface area contributed by atoms with Crippen LogP contribution >= 0.6 is 0 Å². The van der Waals surface area contributed by atoms with Gasteiger partial charge < -0.3 is 15.0 Å². The van der Waals surface area contributed by atoms with Gasteiger partial charge in [0.05, 0.1) is 16.8 Å². The average molecular weight is 377 g/mol. The van der Waals surface area contributed by atoms with E-state index in [0.29, 0.717) is 24.2 Å². The van der Waals surface area contributed by atoms with Gasteiger partial charge in [-0.15, -0.1) is 0 Å². The van der Waals surface area contributed by atoms with Crippen LogP contribution in [0.1, 0.15) is 35.7 Å². The number of ether oxygens (including phenoxy) is 1. The molecule has 7 nitrogen and oxygen atoms in total. The second-order valence-corrected chi connectivity index (χ2v) is 6.39. The van der Waals surface area contributed by atoms with Gasteiger partial charge in [0.1, 0.15) is 6.07 Å². The molecule has 1 heterocycles. The molecule has 2 amide bonds. The first kappa shape index (κ1) is 19.1. The Kier molecular flexibility index (Phi) is 5.70. The summed E-state index contributed by atoms with van der Waals surface area (Å²) in [4.78, 5) is 38.0. The van der Waals surface area contributed by atoms with Crippen molar-refractivity contribution in [2.45, 2.75) is 25.9 Å². The van der Waals surface area contributed by atoms with Crippen molar-refractivity contribution in [2.24, 2.45) is 0 Å². The largest absolute Gasteiger partial charge is 0.449 e. The van der Waals surface area contributed by atoms with Crippen LogP contribution in [-0.2, 0) is 14.3 Å². The Labute approximate surface area is 162 Å². The number of nitriles is 1. The Morgan fingerprint density at radius 1 is 1.18 bits per heavy atom. The number of esters is 1. The molecule has 0 aliphatic carbocycles. The first-order valence-corrected chi connectivity index (χ1v) is 8.91. The lowest BCUT2D eigenvalue weighted by atomic mass is 10.2. The van der Waals surface area contributed by atoms with E-state index in [1.54, 1.807) is 53.4 Å². The van der Waals surface area contributed by atoms with Gasteiger partial charge >= 0.3 is 5.97 Å². The van der Waals surface area contributed by atoms with Crippen LogP contribution in [0.5, 0.6) is 0 Å². The lowest BCUT2D eigenvalue weighted by Crippen LogP contribution is -2.30. The molecule has 142 valence electrons. The molecule has 0 bridgehead atoms. The second kappa shape index (κ2) is 8.35. The van der Waals surface area contributed by atoms with Crippen LogP contribution in [0.15, 0.2) is 48.5 Å². The molecule has 2 aromatic rings. The predicted molar refractivity (Wildman–Crippen MR) is 103 cm³/mol. The van der Waals surface area contributed by atoms with Crippen molar-refractivity contribution in [3.05, 3.63) is 59.7 Å². The number of benzene rings is 2. The lowest BCUT2D eigenvalue weighted by Gasteiger charge is -2.16. The molecular formula is C21H19N3O4. The van der Waals surface area contributed by atoms with Gasteiger partial charge in [-0.25, -0.2) is 4.79 Å².